The minimum absolute atomic E-state index is 0.281. The summed E-state index contributed by atoms with van der Waals surface area (Å²) in [6.45, 7) is 4.75. The number of aryl methyl sites for hydroxylation is 1. The number of anilines is 2. The van der Waals surface area contributed by atoms with Gasteiger partial charge in [0.1, 0.15) is 11.5 Å². The Bertz CT molecular complexity index is 1230. The van der Waals surface area contributed by atoms with E-state index in [0.29, 0.717) is 34.5 Å². The normalized spacial score (nSPS) is 16.6. The SMILES string of the molecule is CN1CCN(c2ccc(NC(=O)C3=NCNCc4cc(F)c(-c5cnn(C)c5)cc43)cc2)CC1. The first-order chi connectivity index (χ1) is 16.5. The van der Waals surface area contributed by atoms with Gasteiger partial charge < -0.3 is 15.1 Å². The summed E-state index contributed by atoms with van der Waals surface area (Å²) in [5, 5.41) is 10.2. The largest absolute Gasteiger partial charge is 0.369 e. The van der Waals surface area contributed by atoms with E-state index in [0.717, 1.165) is 31.9 Å². The highest BCUT2D eigenvalue weighted by molar-refractivity contribution is 6.49. The lowest BCUT2D eigenvalue weighted by Gasteiger charge is -2.34. The number of likely N-dealkylation sites (N-methyl/N-ethyl adjacent to an activating group) is 1. The first kappa shape index (κ1) is 22.2. The fraction of sp³-hybridized carbons (Fsp3) is 0.320. The molecule has 9 heteroatoms. The van der Waals surface area contributed by atoms with Gasteiger partial charge in [-0.1, -0.05) is 0 Å². The summed E-state index contributed by atoms with van der Waals surface area (Å²) in [7, 11) is 3.91. The van der Waals surface area contributed by atoms with Crippen molar-refractivity contribution in [3.63, 3.8) is 0 Å². The summed E-state index contributed by atoms with van der Waals surface area (Å²) in [4.78, 5) is 22.4. The summed E-state index contributed by atoms with van der Waals surface area (Å²) in [5.74, 6) is -0.671. The molecule has 3 aromatic rings. The van der Waals surface area contributed by atoms with E-state index in [4.69, 9.17) is 0 Å². The number of nitrogens with one attached hydrogen (secondary N) is 2. The average molecular weight is 462 g/mol. The Morgan fingerprint density at radius 1 is 1.06 bits per heavy atom. The molecule has 0 radical (unpaired) electrons. The highest BCUT2D eigenvalue weighted by atomic mass is 19.1. The maximum absolute atomic E-state index is 14.9. The van der Waals surface area contributed by atoms with Gasteiger partial charge in [0.15, 0.2) is 0 Å². The molecule has 0 aliphatic carbocycles. The van der Waals surface area contributed by atoms with Crippen LogP contribution in [0.3, 0.4) is 0 Å². The summed E-state index contributed by atoms with van der Waals surface area (Å²) >= 11 is 0. The average Bonchev–Trinajstić information content (AvgIpc) is 3.15. The molecule has 1 fully saturated rings. The van der Waals surface area contributed by atoms with Gasteiger partial charge in [-0.2, -0.15) is 5.10 Å². The zero-order valence-corrected chi connectivity index (χ0v) is 19.4. The molecule has 2 aliphatic rings. The summed E-state index contributed by atoms with van der Waals surface area (Å²) in [6.07, 6.45) is 3.36. The lowest BCUT2D eigenvalue weighted by Crippen LogP contribution is -2.44. The van der Waals surface area contributed by atoms with Crippen molar-refractivity contribution in [1.29, 1.82) is 0 Å². The van der Waals surface area contributed by atoms with E-state index in [9.17, 15) is 9.18 Å². The van der Waals surface area contributed by atoms with Crippen LogP contribution in [0, 0.1) is 5.82 Å². The molecule has 1 amide bonds. The molecular weight excluding hydrogens is 433 g/mol. The minimum Gasteiger partial charge on any atom is -0.369 e. The molecule has 176 valence electrons. The van der Waals surface area contributed by atoms with Crippen LogP contribution in [-0.2, 0) is 18.4 Å². The number of hydrogen-bond donors (Lipinski definition) is 2. The maximum Gasteiger partial charge on any atom is 0.274 e. The van der Waals surface area contributed by atoms with E-state index < -0.39 is 0 Å². The standard InChI is InChI=1S/C25H28FN7O/c1-31-7-9-33(10-8-31)20-5-3-19(4-6-20)30-25(34)24-22-12-21(18-14-29-32(2)15-18)23(26)11-17(22)13-27-16-28-24/h3-6,11-12,14-15,27H,7-10,13,16H2,1-2H3,(H,30,34). The van der Waals surface area contributed by atoms with Crippen molar-refractivity contribution < 1.29 is 9.18 Å². The fourth-order valence-electron chi connectivity index (χ4n) is 4.38. The number of rotatable bonds is 4. The molecule has 0 spiro atoms. The van der Waals surface area contributed by atoms with Crippen LogP contribution < -0.4 is 15.5 Å². The Morgan fingerprint density at radius 2 is 1.82 bits per heavy atom. The Balaban J connectivity index is 1.38. The molecule has 2 N–H and O–H groups in total. The monoisotopic (exact) mass is 461 g/mol. The fourth-order valence-corrected chi connectivity index (χ4v) is 4.38. The van der Waals surface area contributed by atoms with Crippen molar-refractivity contribution in [2.45, 2.75) is 6.54 Å². The zero-order valence-electron chi connectivity index (χ0n) is 19.4. The van der Waals surface area contributed by atoms with Crippen LogP contribution in [0.5, 0.6) is 0 Å². The zero-order chi connectivity index (χ0) is 23.7. The molecule has 1 aromatic heterocycles. The molecular formula is C25H28FN7O. The van der Waals surface area contributed by atoms with E-state index in [2.05, 4.69) is 37.6 Å². The van der Waals surface area contributed by atoms with Crippen LogP contribution in [0.2, 0.25) is 0 Å². The van der Waals surface area contributed by atoms with Crippen LogP contribution >= 0.6 is 0 Å². The van der Waals surface area contributed by atoms with Gasteiger partial charge in [0.05, 0.1) is 12.9 Å². The number of benzene rings is 2. The van der Waals surface area contributed by atoms with Gasteiger partial charge in [0, 0.05) is 74.0 Å². The molecule has 0 bridgehead atoms. The summed E-state index contributed by atoms with van der Waals surface area (Å²) in [6, 6.07) is 11.1. The topological polar surface area (TPSA) is 77.8 Å². The smallest absolute Gasteiger partial charge is 0.274 e. The number of carbonyl (C=O) groups is 1. The molecule has 8 nitrogen and oxygen atoms in total. The minimum atomic E-state index is -0.352. The van der Waals surface area contributed by atoms with Gasteiger partial charge in [0.2, 0.25) is 0 Å². The maximum atomic E-state index is 14.9. The van der Waals surface area contributed by atoms with Crippen LogP contribution in [0.15, 0.2) is 53.8 Å². The summed E-state index contributed by atoms with van der Waals surface area (Å²) in [5.41, 5.74) is 4.49. The molecule has 5 rings (SSSR count). The first-order valence-corrected chi connectivity index (χ1v) is 11.4. The number of amides is 1. The van der Waals surface area contributed by atoms with E-state index in [-0.39, 0.29) is 24.1 Å². The molecule has 3 heterocycles. The van der Waals surface area contributed by atoms with E-state index in [1.54, 1.807) is 30.2 Å². The van der Waals surface area contributed by atoms with Gasteiger partial charge in [-0.25, -0.2) is 4.39 Å². The number of halogens is 1. The lowest BCUT2D eigenvalue weighted by atomic mass is 9.96. The van der Waals surface area contributed by atoms with Gasteiger partial charge in [-0.05, 0) is 49.0 Å². The van der Waals surface area contributed by atoms with Gasteiger partial charge >= 0.3 is 0 Å². The van der Waals surface area contributed by atoms with Crippen molar-refractivity contribution in [2.24, 2.45) is 12.0 Å². The number of nitrogens with zero attached hydrogens (tertiary/aromatic N) is 5. The van der Waals surface area contributed by atoms with Crippen LogP contribution in [0.4, 0.5) is 15.8 Å². The number of fused-ring (bicyclic) bond motifs is 1. The Kier molecular flexibility index (Phi) is 6.12. The van der Waals surface area contributed by atoms with Crippen LogP contribution in [-0.4, -0.2) is 66.2 Å². The number of aromatic nitrogens is 2. The van der Waals surface area contributed by atoms with Crippen LogP contribution in [0.1, 0.15) is 11.1 Å². The molecule has 0 saturated carbocycles. The second-order valence-electron chi connectivity index (χ2n) is 8.77. The Hall–Kier alpha value is -3.56. The van der Waals surface area contributed by atoms with E-state index >= 15 is 0 Å². The van der Waals surface area contributed by atoms with Crippen molar-refractivity contribution in [2.75, 3.05) is 50.1 Å². The van der Waals surface area contributed by atoms with Gasteiger partial charge in [-0.3, -0.25) is 19.8 Å². The molecule has 0 atom stereocenters. The number of carbonyl (C=O) groups excluding carboxylic acids is 1. The third-order valence-electron chi connectivity index (χ3n) is 6.34. The van der Waals surface area contributed by atoms with E-state index in [1.165, 1.54) is 6.07 Å². The van der Waals surface area contributed by atoms with Crippen molar-refractivity contribution in [1.82, 2.24) is 20.0 Å². The quantitative estimate of drug-likeness (QED) is 0.624. The second kappa shape index (κ2) is 9.36. The molecule has 34 heavy (non-hydrogen) atoms. The molecule has 0 unspecified atom stereocenters. The Morgan fingerprint density at radius 3 is 2.53 bits per heavy atom. The Labute approximate surface area is 198 Å². The highest BCUT2D eigenvalue weighted by Crippen LogP contribution is 2.28. The van der Waals surface area contributed by atoms with Gasteiger partial charge in [-0.15, -0.1) is 0 Å². The second-order valence-corrected chi connectivity index (χ2v) is 8.77. The third kappa shape index (κ3) is 4.57. The summed E-state index contributed by atoms with van der Waals surface area (Å²) < 4.78 is 16.5. The van der Waals surface area contributed by atoms with Gasteiger partial charge in [0.25, 0.3) is 5.91 Å². The number of piperazine rings is 1. The lowest BCUT2D eigenvalue weighted by molar-refractivity contribution is -0.110. The molecule has 2 aromatic carbocycles. The first-order valence-electron chi connectivity index (χ1n) is 11.4. The highest BCUT2D eigenvalue weighted by Gasteiger charge is 2.23. The van der Waals surface area contributed by atoms with E-state index in [1.807, 2.05) is 24.3 Å². The van der Waals surface area contributed by atoms with Crippen LogP contribution in [0.25, 0.3) is 11.1 Å². The third-order valence-corrected chi connectivity index (χ3v) is 6.34. The number of aliphatic imine (C=N–C) groups is 1. The molecule has 1 saturated heterocycles. The van der Waals surface area contributed by atoms with Crippen molar-refractivity contribution in [3.05, 3.63) is 65.7 Å². The predicted octanol–water partition coefficient (Wildman–Crippen LogP) is 2.47. The number of hydrogen-bond acceptors (Lipinski definition) is 6. The van der Waals surface area contributed by atoms with Crippen molar-refractivity contribution in [3.8, 4) is 11.1 Å². The molecule has 2 aliphatic heterocycles. The predicted molar refractivity (Wildman–Crippen MR) is 132 cm³/mol. The van der Waals surface area contributed by atoms with Crippen molar-refractivity contribution >= 4 is 23.0 Å².